The van der Waals surface area contributed by atoms with Crippen molar-refractivity contribution in [1.29, 1.82) is 0 Å². The Hall–Kier alpha value is -1.68. The summed E-state index contributed by atoms with van der Waals surface area (Å²) in [7, 11) is 0. The zero-order chi connectivity index (χ0) is 25.7. The standard InChI is InChI=1S/C26H39F3N4O3/c1-16(2)33-10-6-17(15-33)35-21-5-4-7-26(28,29)19(21)14-22(34)32-11-8-25(3,9-12-32)24-30-23(36-31-24)18-13-20(18)27/h16-21H,4-15H2,1-3H3/t17-,18-,19-,20+,21+/m1/s1. The van der Waals surface area contributed by atoms with Crippen LogP contribution in [0.5, 0.6) is 0 Å². The number of likely N-dealkylation sites (tertiary alicyclic amines) is 2. The van der Waals surface area contributed by atoms with Gasteiger partial charge in [0.1, 0.15) is 6.17 Å². The van der Waals surface area contributed by atoms with Crippen LogP contribution in [0.3, 0.4) is 0 Å². The van der Waals surface area contributed by atoms with Gasteiger partial charge in [0.05, 0.1) is 24.0 Å². The average molecular weight is 513 g/mol. The number of alkyl halides is 3. The molecule has 4 aliphatic rings. The molecule has 2 aliphatic heterocycles. The topological polar surface area (TPSA) is 71.7 Å². The molecule has 2 saturated carbocycles. The maximum Gasteiger partial charge on any atom is 0.253 e. The van der Waals surface area contributed by atoms with Gasteiger partial charge in [-0.1, -0.05) is 12.1 Å². The van der Waals surface area contributed by atoms with Crippen LogP contribution < -0.4 is 0 Å². The minimum absolute atomic E-state index is 0.0530. The first-order chi connectivity index (χ1) is 17.1. The Kier molecular flexibility index (Phi) is 7.13. The van der Waals surface area contributed by atoms with E-state index in [1.165, 1.54) is 0 Å². The molecule has 202 valence electrons. The zero-order valence-corrected chi connectivity index (χ0v) is 21.6. The van der Waals surface area contributed by atoms with Crippen LogP contribution in [0.25, 0.3) is 0 Å². The van der Waals surface area contributed by atoms with Crippen molar-refractivity contribution in [2.45, 2.75) is 114 Å². The molecule has 4 fully saturated rings. The minimum Gasteiger partial charge on any atom is -0.373 e. The first-order valence-corrected chi connectivity index (χ1v) is 13.6. The maximum absolute atomic E-state index is 15.1. The number of halogens is 3. The zero-order valence-electron chi connectivity index (χ0n) is 21.6. The normalized spacial score (nSPS) is 34.3. The number of carbonyl (C=O) groups is 1. The summed E-state index contributed by atoms with van der Waals surface area (Å²) in [6, 6.07) is 0.405. The molecule has 10 heteroatoms. The van der Waals surface area contributed by atoms with Crippen molar-refractivity contribution >= 4 is 5.91 Å². The maximum atomic E-state index is 15.1. The summed E-state index contributed by atoms with van der Waals surface area (Å²) in [5.41, 5.74) is -0.385. The molecule has 0 aromatic carbocycles. The molecular formula is C26H39F3N4O3. The number of carbonyl (C=O) groups excluding carboxylic acids is 1. The van der Waals surface area contributed by atoms with Crippen LogP contribution in [0.4, 0.5) is 13.2 Å². The fourth-order valence-electron chi connectivity index (χ4n) is 6.06. The van der Waals surface area contributed by atoms with E-state index in [9.17, 15) is 9.18 Å². The van der Waals surface area contributed by atoms with Crippen molar-refractivity contribution in [2.75, 3.05) is 26.2 Å². The van der Waals surface area contributed by atoms with Crippen LogP contribution in [0.15, 0.2) is 4.52 Å². The van der Waals surface area contributed by atoms with E-state index in [4.69, 9.17) is 9.26 Å². The Balaban J connectivity index is 1.18. The third-order valence-electron chi connectivity index (χ3n) is 8.89. The molecule has 2 aliphatic carbocycles. The predicted octanol–water partition coefficient (Wildman–Crippen LogP) is 4.47. The van der Waals surface area contributed by atoms with Crippen molar-refractivity contribution in [3.05, 3.63) is 11.7 Å². The summed E-state index contributed by atoms with van der Waals surface area (Å²) >= 11 is 0. The lowest BCUT2D eigenvalue weighted by atomic mass is 9.78. The molecule has 0 spiro atoms. The SMILES string of the molecule is CC(C)N1CC[C@@H](O[C@H]2CCCC(F)(F)[C@@H]2CC(=O)N2CCC(C)(c3noc([C@@H]4C[C@@H]4F)n3)CC2)C1. The molecule has 5 atom stereocenters. The highest BCUT2D eigenvalue weighted by Gasteiger charge is 2.50. The highest BCUT2D eigenvalue weighted by Crippen LogP contribution is 2.45. The second kappa shape index (κ2) is 9.89. The van der Waals surface area contributed by atoms with E-state index < -0.39 is 24.1 Å². The molecule has 2 saturated heterocycles. The second-order valence-electron chi connectivity index (χ2n) is 11.9. The lowest BCUT2D eigenvalue weighted by molar-refractivity contribution is -0.174. The second-order valence-corrected chi connectivity index (χ2v) is 11.9. The van der Waals surface area contributed by atoms with Gasteiger partial charge >= 0.3 is 0 Å². The van der Waals surface area contributed by atoms with E-state index in [0.717, 1.165) is 19.5 Å². The average Bonchev–Trinajstić information content (AvgIpc) is 3.20. The van der Waals surface area contributed by atoms with Gasteiger partial charge in [-0.25, -0.2) is 13.2 Å². The predicted molar refractivity (Wildman–Crippen MR) is 127 cm³/mol. The van der Waals surface area contributed by atoms with E-state index in [1.807, 2.05) is 6.92 Å². The Labute approximate surface area is 211 Å². The molecule has 36 heavy (non-hydrogen) atoms. The van der Waals surface area contributed by atoms with E-state index in [-0.39, 0.29) is 36.2 Å². The van der Waals surface area contributed by atoms with Gasteiger partial charge in [-0.2, -0.15) is 4.98 Å². The van der Waals surface area contributed by atoms with Crippen LogP contribution in [0.1, 0.15) is 89.8 Å². The molecule has 0 radical (unpaired) electrons. The Morgan fingerprint density at radius 3 is 2.56 bits per heavy atom. The van der Waals surface area contributed by atoms with Crippen LogP contribution in [0, 0.1) is 5.92 Å². The van der Waals surface area contributed by atoms with E-state index >= 15 is 8.78 Å². The third kappa shape index (κ3) is 5.30. The van der Waals surface area contributed by atoms with Gasteiger partial charge in [-0.05, 0) is 52.4 Å². The molecule has 1 amide bonds. The smallest absolute Gasteiger partial charge is 0.253 e. The summed E-state index contributed by atoms with van der Waals surface area (Å²) in [6.45, 7) is 8.85. The number of aromatic nitrogens is 2. The molecule has 1 aromatic heterocycles. The highest BCUT2D eigenvalue weighted by atomic mass is 19.3. The van der Waals surface area contributed by atoms with E-state index in [2.05, 4.69) is 28.9 Å². The Morgan fingerprint density at radius 1 is 1.19 bits per heavy atom. The molecule has 0 bridgehead atoms. The highest BCUT2D eigenvalue weighted by molar-refractivity contribution is 5.76. The summed E-state index contributed by atoms with van der Waals surface area (Å²) in [5, 5.41) is 4.09. The first-order valence-electron chi connectivity index (χ1n) is 13.6. The minimum atomic E-state index is -2.91. The Morgan fingerprint density at radius 2 is 1.92 bits per heavy atom. The number of ether oxygens (including phenoxy) is 1. The van der Waals surface area contributed by atoms with Crippen molar-refractivity contribution < 1.29 is 27.2 Å². The summed E-state index contributed by atoms with van der Waals surface area (Å²) < 4.78 is 55.0. The van der Waals surface area contributed by atoms with Gasteiger partial charge in [-0.3, -0.25) is 9.69 Å². The summed E-state index contributed by atoms with van der Waals surface area (Å²) in [6.07, 6.45) is 1.54. The Bertz CT molecular complexity index is 933. The van der Waals surface area contributed by atoms with E-state index in [1.54, 1.807) is 4.90 Å². The largest absolute Gasteiger partial charge is 0.373 e. The van der Waals surface area contributed by atoms with Gasteiger partial charge < -0.3 is 14.2 Å². The molecule has 5 rings (SSSR count). The number of piperidine rings is 1. The van der Waals surface area contributed by atoms with Crippen molar-refractivity contribution in [1.82, 2.24) is 19.9 Å². The van der Waals surface area contributed by atoms with Crippen molar-refractivity contribution in [2.24, 2.45) is 5.92 Å². The molecule has 1 aromatic rings. The molecular weight excluding hydrogens is 473 g/mol. The van der Waals surface area contributed by atoms with E-state index in [0.29, 0.717) is 63.0 Å². The van der Waals surface area contributed by atoms with Crippen LogP contribution >= 0.6 is 0 Å². The number of hydrogen-bond acceptors (Lipinski definition) is 6. The van der Waals surface area contributed by atoms with Crippen LogP contribution in [-0.2, 0) is 14.9 Å². The molecule has 3 heterocycles. The molecule has 0 unspecified atom stereocenters. The summed E-state index contributed by atoms with van der Waals surface area (Å²) in [4.78, 5) is 21.6. The fraction of sp³-hybridized carbons (Fsp3) is 0.885. The van der Waals surface area contributed by atoms with Crippen LogP contribution in [0.2, 0.25) is 0 Å². The van der Waals surface area contributed by atoms with Gasteiger partial charge in [0.15, 0.2) is 5.82 Å². The third-order valence-corrected chi connectivity index (χ3v) is 8.89. The monoisotopic (exact) mass is 512 g/mol. The van der Waals surface area contributed by atoms with Gasteiger partial charge in [0.2, 0.25) is 11.8 Å². The lowest BCUT2D eigenvalue weighted by Crippen LogP contribution is -2.49. The summed E-state index contributed by atoms with van der Waals surface area (Å²) in [5.74, 6) is -3.63. The number of amides is 1. The van der Waals surface area contributed by atoms with Gasteiger partial charge in [0, 0.05) is 50.5 Å². The quantitative estimate of drug-likeness (QED) is 0.537. The number of nitrogens with zero attached hydrogens (tertiary/aromatic N) is 4. The fourth-order valence-corrected chi connectivity index (χ4v) is 6.06. The van der Waals surface area contributed by atoms with Crippen molar-refractivity contribution in [3.8, 4) is 0 Å². The molecule has 7 nitrogen and oxygen atoms in total. The van der Waals surface area contributed by atoms with Gasteiger partial charge in [-0.15, -0.1) is 0 Å². The van der Waals surface area contributed by atoms with Crippen molar-refractivity contribution in [3.63, 3.8) is 0 Å². The molecule has 0 N–H and O–H groups in total. The number of hydrogen-bond donors (Lipinski definition) is 0. The van der Waals surface area contributed by atoms with Crippen LogP contribution in [-0.4, -0.2) is 82.4 Å². The first kappa shape index (κ1) is 25.9. The van der Waals surface area contributed by atoms with Gasteiger partial charge in [0.25, 0.3) is 5.92 Å². The lowest BCUT2D eigenvalue weighted by Gasteiger charge is -2.41. The number of rotatable bonds is 7.